The summed E-state index contributed by atoms with van der Waals surface area (Å²) < 4.78 is 2.00. The van der Waals surface area contributed by atoms with Crippen molar-refractivity contribution >= 4 is 28.6 Å². The number of nitrogen functional groups attached to an aromatic ring is 1. The first-order valence-corrected chi connectivity index (χ1v) is 6.40. The highest BCUT2D eigenvalue weighted by atomic mass is 35.5. The molecule has 1 aliphatic rings. The summed E-state index contributed by atoms with van der Waals surface area (Å²) in [6, 6.07) is 5.69. The lowest BCUT2D eigenvalue weighted by Crippen LogP contribution is -2.50. The molecule has 0 aliphatic carbocycles. The third-order valence-corrected chi connectivity index (χ3v) is 3.62. The van der Waals surface area contributed by atoms with Crippen LogP contribution in [0.5, 0.6) is 0 Å². The summed E-state index contributed by atoms with van der Waals surface area (Å²) in [6.45, 7) is 3.98. The maximum absolute atomic E-state index is 6.02. The lowest BCUT2D eigenvalue weighted by atomic mass is 10.3. The van der Waals surface area contributed by atoms with E-state index in [1.165, 1.54) is 0 Å². The Morgan fingerprint density at radius 1 is 1.22 bits per heavy atom. The Labute approximate surface area is 111 Å². The first-order chi connectivity index (χ1) is 8.65. The molecule has 0 amide bonds. The Balaban J connectivity index is 2.03. The molecule has 0 atom stereocenters. The number of nitrogens with zero attached hydrogens (tertiary/aromatic N) is 4. The van der Waals surface area contributed by atoms with Crippen LogP contribution in [0.4, 0.5) is 5.95 Å². The standard InChI is InChI=1S/C12H16ClN5/c1-16-4-6-17(7-5-16)18-11-3-2-9(13)8-10(11)15-12(18)14/h2-3,8H,4-7H2,1H3,(H2,14,15). The number of hydrogen-bond donors (Lipinski definition) is 1. The van der Waals surface area contributed by atoms with Gasteiger partial charge in [0.05, 0.1) is 11.0 Å². The van der Waals surface area contributed by atoms with E-state index in [9.17, 15) is 0 Å². The second-order valence-corrected chi connectivity index (χ2v) is 5.11. The van der Waals surface area contributed by atoms with Gasteiger partial charge in [0, 0.05) is 31.2 Å². The van der Waals surface area contributed by atoms with Gasteiger partial charge in [-0.15, -0.1) is 0 Å². The Bertz CT molecular complexity index is 571. The van der Waals surface area contributed by atoms with E-state index in [1.54, 1.807) is 0 Å². The summed E-state index contributed by atoms with van der Waals surface area (Å²) in [5.74, 6) is 0.525. The highest BCUT2D eigenvalue weighted by Gasteiger charge is 2.18. The number of halogens is 1. The zero-order chi connectivity index (χ0) is 12.7. The van der Waals surface area contributed by atoms with E-state index < -0.39 is 0 Å². The number of aromatic nitrogens is 2. The van der Waals surface area contributed by atoms with Gasteiger partial charge in [0.15, 0.2) is 0 Å². The fourth-order valence-corrected chi connectivity index (χ4v) is 2.52. The van der Waals surface area contributed by atoms with Crippen LogP contribution < -0.4 is 10.7 Å². The fraction of sp³-hybridized carbons (Fsp3) is 0.417. The van der Waals surface area contributed by atoms with Crippen LogP contribution in [0.15, 0.2) is 18.2 Å². The van der Waals surface area contributed by atoms with Gasteiger partial charge < -0.3 is 15.6 Å². The van der Waals surface area contributed by atoms with Crippen molar-refractivity contribution in [3.63, 3.8) is 0 Å². The molecule has 0 saturated carbocycles. The summed E-state index contributed by atoms with van der Waals surface area (Å²) >= 11 is 5.97. The number of benzene rings is 1. The predicted molar refractivity (Wildman–Crippen MR) is 74.6 cm³/mol. The van der Waals surface area contributed by atoms with Crippen LogP contribution >= 0.6 is 11.6 Å². The molecule has 1 saturated heterocycles. The van der Waals surface area contributed by atoms with Gasteiger partial charge in [-0.2, -0.15) is 0 Å². The van der Waals surface area contributed by atoms with E-state index in [4.69, 9.17) is 17.3 Å². The number of rotatable bonds is 1. The Morgan fingerprint density at radius 3 is 2.67 bits per heavy atom. The molecule has 6 heteroatoms. The van der Waals surface area contributed by atoms with Crippen LogP contribution in [-0.2, 0) is 0 Å². The average Bonchev–Trinajstić information content (AvgIpc) is 2.65. The van der Waals surface area contributed by atoms with Crippen molar-refractivity contribution in [3.8, 4) is 0 Å². The molecule has 2 heterocycles. The Morgan fingerprint density at radius 2 is 1.94 bits per heavy atom. The minimum absolute atomic E-state index is 0.525. The second kappa shape index (κ2) is 4.33. The van der Waals surface area contributed by atoms with E-state index >= 15 is 0 Å². The summed E-state index contributed by atoms with van der Waals surface area (Å²) in [6.07, 6.45) is 0. The van der Waals surface area contributed by atoms with Crippen LogP contribution in [0.25, 0.3) is 11.0 Å². The van der Waals surface area contributed by atoms with Gasteiger partial charge in [0.25, 0.3) is 0 Å². The van der Waals surface area contributed by atoms with Gasteiger partial charge in [-0.3, -0.25) is 0 Å². The molecule has 1 aromatic heterocycles. The monoisotopic (exact) mass is 265 g/mol. The summed E-state index contributed by atoms with van der Waals surface area (Å²) in [5.41, 5.74) is 7.88. The van der Waals surface area contributed by atoms with Gasteiger partial charge in [0.1, 0.15) is 0 Å². The van der Waals surface area contributed by atoms with Crippen molar-refractivity contribution in [3.05, 3.63) is 23.2 Å². The van der Waals surface area contributed by atoms with Crippen LogP contribution in [-0.4, -0.2) is 47.8 Å². The summed E-state index contributed by atoms with van der Waals surface area (Å²) in [4.78, 5) is 6.68. The molecule has 0 spiro atoms. The van der Waals surface area contributed by atoms with E-state index in [0.717, 1.165) is 37.2 Å². The molecule has 5 nitrogen and oxygen atoms in total. The van der Waals surface area contributed by atoms with Gasteiger partial charge >= 0.3 is 0 Å². The van der Waals surface area contributed by atoms with Crippen molar-refractivity contribution in [1.82, 2.24) is 14.6 Å². The van der Waals surface area contributed by atoms with Crippen LogP contribution in [0.2, 0.25) is 5.02 Å². The Hall–Kier alpha value is -1.46. The fourth-order valence-electron chi connectivity index (χ4n) is 2.35. The van der Waals surface area contributed by atoms with Gasteiger partial charge in [-0.1, -0.05) is 11.6 Å². The minimum atomic E-state index is 0.525. The maximum atomic E-state index is 6.02. The molecule has 18 heavy (non-hydrogen) atoms. The number of anilines is 1. The molecule has 96 valence electrons. The van der Waals surface area contributed by atoms with E-state index in [0.29, 0.717) is 11.0 Å². The molecule has 2 aromatic rings. The maximum Gasteiger partial charge on any atom is 0.220 e. The van der Waals surface area contributed by atoms with E-state index in [1.807, 2.05) is 22.9 Å². The van der Waals surface area contributed by atoms with Crippen molar-refractivity contribution < 1.29 is 0 Å². The molecule has 0 bridgehead atoms. The minimum Gasteiger partial charge on any atom is -0.368 e. The summed E-state index contributed by atoms with van der Waals surface area (Å²) in [7, 11) is 2.13. The molecule has 3 rings (SSSR count). The molecule has 1 aromatic carbocycles. The van der Waals surface area contributed by atoms with E-state index in [2.05, 4.69) is 21.9 Å². The second-order valence-electron chi connectivity index (χ2n) is 4.67. The third kappa shape index (κ3) is 1.89. The van der Waals surface area contributed by atoms with Crippen molar-refractivity contribution in [2.24, 2.45) is 0 Å². The number of hydrogen-bond acceptors (Lipinski definition) is 4. The molecular formula is C12H16ClN5. The summed E-state index contributed by atoms with van der Waals surface area (Å²) in [5, 5.41) is 2.92. The number of fused-ring (bicyclic) bond motifs is 1. The topological polar surface area (TPSA) is 50.3 Å². The first kappa shape index (κ1) is 11.6. The average molecular weight is 266 g/mol. The number of imidazole rings is 1. The highest BCUT2D eigenvalue weighted by Crippen LogP contribution is 2.22. The predicted octanol–water partition coefficient (Wildman–Crippen LogP) is 1.16. The third-order valence-electron chi connectivity index (χ3n) is 3.38. The zero-order valence-corrected chi connectivity index (χ0v) is 11.1. The zero-order valence-electron chi connectivity index (χ0n) is 10.3. The van der Waals surface area contributed by atoms with Gasteiger partial charge in [-0.05, 0) is 25.2 Å². The van der Waals surface area contributed by atoms with Crippen LogP contribution in [0, 0.1) is 0 Å². The number of piperazine rings is 1. The molecule has 1 fully saturated rings. The Kier molecular flexibility index (Phi) is 2.80. The van der Waals surface area contributed by atoms with Gasteiger partial charge in [-0.25, -0.2) is 9.66 Å². The van der Waals surface area contributed by atoms with Crippen molar-refractivity contribution in [1.29, 1.82) is 0 Å². The lowest BCUT2D eigenvalue weighted by molar-refractivity contribution is 0.290. The van der Waals surface area contributed by atoms with Gasteiger partial charge in [0.2, 0.25) is 5.95 Å². The number of nitrogens with two attached hydrogens (primary N) is 1. The smallest absolute Gasteiger partial charge is 0.220 e. The molecule has 1 aliphatic heterocycles. The lowest BCUT2D eigenvalue weighted by Gasteiger charge is -2.35. The molecule has 0 radical (unpaired) electrons. The molecular weight excluding hydrogens is 250 g/mol. The van der Waals surface area contributed by atoms with Crippen LogP contribution in [0.3, 0.4) is 0 Å². The highest BCUT2D eigenvalue weighted by molar-refractivity contribution is 6.31. The normalized spacial score (nSPS) is 17.6. The first-order valence-electron chi connectivity index (χ1n) is 6.02. The number of likely N-dealkylation sites (N-methyl/N-ethyl adjacent to an activating group) is 1. The van der Waals surface area contributed by atoms with Crippen molar-refractivity contribution in [2.75, 3.05) is 44.0 Å². The van der Waals surface area contributed by atoms with E-state index in [-0.39, 0.29) is 0 Å². The molecule has 0 unspecified atom stereocenters. The van der Waals surface area contributed by atoms with Crippen molar-refractivity contribution in [2.45, 2.75) is 0 Å². The van der Waals surface area contributed by atoms with Crippen LogP contribution in [0.1, 0.15) is 0 Å². The quantitative estimate of drug-likeness (QED) is 0.841. The SMILES string of the molecule is CN1CCN(n2c(N)nc3cc(Cl)ccc32)CC1. The molecule has 2 N–H and O–H groups in total. The largest absolute Gasteiger partial charge is 0.368 e.